The Bertz CT molecular complexity index is 749. The second kappa shape index (κ2) is 7.35. The van der Waals surface area contributed by atoms with Crippen LogP contribution in [-0.4, -0.2) is 39.9 Å². The first-order chi connectivity index (χ1) is 12.0. The molecule has 1 fully saturated rings. The molecule has 0 saturated carbocycles. The Labute approximate surface area is 153 Å². The average molecular weight is 408 g/mol. The van der Waals surface area contributed by atoms with Gasteiger partial charge in [0, 0.05) is 36.0 Å². The second-order valence-corrected chi connectivity index (χ2v) is 6.91. The Morgan fingerprint density at radius 1 is 1.32 bits per heavy atom. The van der Waals surface area contributed by atoms with E-state index in [9.17, 15) is 19.2 Å². The van der Waals surface area contributed by atoms with Gasteiger partial charge < -0.3 is 10.2 Å². The average Bonchev–Trinajstić information content (AvgIpc) is 2.89. The van der Waals surface area contributed by atoms with Crippen molar-refractivity contribution >= 4 is 45.2 Å². The monoisotopic (exact) mass is 407 g/mol. The summed E-state index contributed by atoms with van der Waals surface area (Å²) < 4.78 is 0. The highest BCUT2D eigenvalue weighted by molar-refractivity contribution is 9.09. The van der Waals surface area contributed by atoms with Gasteiger partial charge in [-0.05, 0) is 36.6 Å². The summed E-state index contributed by atoms with van der Waals surface area (Å²) >= 11 is 3.29. The van der Waals surface area contributed by atoms with Gasteiger partial charge in [0.1, 0.15) is 6.04 Å². The van der Waals surface area contributed by atoms with Crippen LogP contribution in [0.2, 0.25) is 0 Å². The van der Waals surface area contributed by atoms with Gasteiger partial charge in [-0.1, -0.05) is 15.9 Å². The second-order valence-electron chi connectivity index (χ2n) is 6.11. The molecule has 25 heavy (non-hydrogen) atoms. The third kappa shape index (κ3) is 3.73. The number of carbonyl (C=O) groups excluding carboxylic acids is 4. The van der Waals surface area contributed by atoms with E-state index in [-0.39, 0.29) is 24.1 Å². The van der Waals surface area contributed by atoms with E-state index in [1.54, 1.807) is 18.2 Å². The first-order valence-electron chi connectivity index (χ1n) is 8.13. The fraction of sp³-hybridized carbons (Fsp3) is 0.412. The number of fused-ring (bicyclic) bond motifs is 1. The molecule has 1 saturated heterocycles. The molecule has 2 N–H and O–H groups in total. The summed E-state index contributed by atoms with van der Waals surface area (Å²) in [6, 6.07) is 4.50. The van der Waals surface area contributed by atoms with Crippen LogP contribution in [0.1, 0.15) is 41.6 Å². The molecule has 0 radical (unpaired) electrons. The van der Waals surface area contributed by atoms with Crippen molar-refractivity contribution in [1.82, 2.24) is 10.2 Å². The molecule has 1 aromatic rings. The Kier molecular flexibility index (Phi) is 5.17. The van der Waals surface area contributed by atoms with Gasteiger partial charge in [0.15, 0.2) is 0 Å². The lowest BCUT2D eigenvalue weighted by Gasteiger charge is -2.29. The van der Waals surface area contributed by atoms with E-state index in [2.05, 4.69) is 26.6 Å². The summed E-state index contributed by atoms with van der Waals surface area (Å²) in [5, 5.41) is 5.86. The van der Waals surface area contributed by atoms with Gasteiger partial charge in [0.2, 0.25) is 17.7 Å². The number of nitrogens with zero attached hydrogens (tertiary/aromatic N) is 1. The highest BCUT2D eigenvalue weighted by atomic mass is 79.9. The van der Waals surface area contributed by atoms with Gasteiger partial charge in [-0.2, -0.15) is 0 Å². The zero-order valence-electron chi connectivity index (χ0n) is 13.5. The largest absolute Gasteiger partial charge is 0.326 e. The van der Waals surface area contributed by atoms with Crippen LogP contribution in [0.4, 0.5) is 5.69 Å². The maximum absolute atomic E-state index is 12.6. The molecule has 1 aromatic carbocycles. The summed E-state index contributed by atoms with van der Waals surface area (Å²) in [6.45, 7) is 0.297. The zero-order valence-corrected chi connectivity index (χ0v) is 15.1. The van der Waals surface area contributed by atoms with Crippen molar-refractivity contribution in [1.29, 1.82) is 0 Å². The maximum Gasteiger partial charge on any atom is 0.255 e. The molecule has 0 aromatic heterocycles. The minimum Gasteiger partial charge on any atom is -0.326 e. The van der Waals surface area contributed by atoms with E-state index in [0.717, 1.165) is 17.3 Å². The number of benzene rings is 1. The van der Waals surface area contributed by atoms with E-state index in [1.165, 1.54) is 4.90 Å². The number of amides is 4. The first kappa shape index (κ1) is 17.6. The Morgan fingerprint density at radius 3 is 2.84 bits per heavy atom. The van der Waals surface area contributed by atoms with Crippen molar-refractivity contribution in [3.63, 3.8) is 0 Å². The van der Waals surface area contributed by atoms with Crippen molar-refractivity contribution in [2.45, 2.75) is 38.3 Å². The molecule has 3 rings (SSSR count). The van der Waals surface area contributed by atoms with E-state index in [4.69, 9.17) is 0 Å². The van der Waals surface area contributed by atoms with Crippen LogP contribution in [0, 0.1) is 0 Å². The quantitative estimate of drug-likeness (QED) is 0.571. The molecule has 2 aliphatic rings. The minimum atomic E-state index is -0.630. The topological polar surface area (TPSA) is 95.6 Å². The fourth-order valence-corrected chi connectivity index (χ4v) is 3.38. The summed E-state index contributed by atoms with van der Waals surface area (Å²) in [4.78, 5) is 49.2. The Balaban J connectivity index is 1.72. The summed E-state index contributed by atoms with van der Waals surface area (Å²) in [6.07, 6.45) is 1.73. The van der Waals surface area contributed by atoms with E-state index in [0.29, 0.717) is 30.6 Å². The summed E-state index contributed by atoms with van der Waals surface area (Å²) in [5.41, 5.74) is 1.94. The molecule has 0 spiro atoms. The predicted molar refractivity (Wildman–Crippen MR) is 94.1 cm³/mol. The van der Waals surface area contributed by atoms with Crippen molar-refractivity contribution in [2.24, 2.45) is 0 Å². The lowest BCUT2D eigenvalue weighted by atomic mass is 10.0. The zero-order chi connectivity index (χ0) is 18.0. The number of nitrogens with one attached hydrogen (secondary N) is 2. The molecule has 1 atom stereocenters. The molecule has 0 aliphatic carbocycles. The number of anilines is 1. The molecule has 0 bridgehead atoms. The normalized spacial score (nSPS) is 19.6. The van der Waals surface area contributed by atoms with Gasteiger partial charge in [0.25, 0.3) is 5.91 Å². The van der Waals surface area contributed by atoms with Crippen molar-refractivity contribution in [2.75, 3.05) is 10.6 Å². The molecule has 1 unspecified atom stereocenters. The molecule has 2 heterocycles. The molecule has 2 aliphatic heterocycles. The number of carbonyl (C=O) groups is 4. The molecule has 132 valence electrons. The number of rotatable bonds is 5. The number of alkyl halides is 1. The summed E-state index contributed by atoms with van der Waals surface area (Å²) in [7, 11) is 0. The van der Waals surface area contributed by atoms with Gasteiger partial charge in [-0.25, -0.2) is 0 Å². The fourth-order valence-electron chi connectivity index (χ4n) is 3.10. The van der Waals surface area contributed by atoms with Crippen LogP contribution in [0.5, 0.6) is 0 Å². The van der Waals surface area contributed by atoms with Crippen LogP contribution in [0.25, 0.3) is 0 Å². The number of hydrogen-bond donors (Lipinski definition) is 2. The van der Waals surface area contributed by atoms with Crippen LogP contribution < -0.4 is 10.6 Å². The van der Waals surface area contributed by atoms with Crippen molar-refractivity contribution in [3.8, 4) is 0 Å². The number of halogens is 1. The minimum absolute atomic E-state index is 0.0780. The highest BCUT2D eigenvalue weighted by Crippen LogP contribution is 2.29. The first-order valence-corrected chi connectivity index (χ1v) is 9.25. The standard InChI is InChI=1S/C17H18BrN3O4/c18-7-1-2-14(22)19-11-3-4-12-10(8-11)9-21(17(12)25)13-5-6-15(23)20-16(13)24/h3-4,8,13H,1-2,5-7,9H2,(H,19,22)(H,20,23,24). The molecule has 8 heteroatoms. The number of hydrogen-bond acceptors (Lipinski definition) is 4. The van der Waals surface area contributed by atoms with Gasteiger partial charge >= 0.3 is 0 Å². The third-order valence-corrected chi connectivity index (χ3v) is 4.91. The van der Waals surface area contributed by atoms with E-state index < -0.39 is 11.9 Å². The van der Waals surface area contributed by atoms with Crippen LogP contribution in [0.3, 0.4) is 0 Å². The van der Waals surface area contributed by atoms with E-state index in [1.807, 2.05) is 0 Å². The van der Waals surface area contributed by atoms with Gasteiger partial charge in [0.05, 0.1) is 0 Å². The van der Waals surface area contributed by atoms with Crippen LogP contribution >= 0.6 is 15.9 Å². The Hall–Kier alpha value is -2.22. The number of piperidine rings is 1. The van der Waals surface area contributed by atoms with Crippen molar-refractivity contribution in [3.05, 3.63) is 29.3 Å². The maximum atomic E-state index is 12.6. The molecule has 7 nitrogen and oxygen atoms in total. The summed E-state index contributed by atoms with van der Waals surface area (Å²) in [5.74, 6) is -1.04. The van der Waals surface area contributed by atoms with Crippen molar-refractivity contribution < 1.29 is 19.2 Å². The van der Waals surface area contributed by atoms with Gasteiger partial charge in [-0.15, -0.1) is 0 Å². The lowest BCUT2D eigenvalue weighted by molar-refractivity contribution is -0.137. The van der Waals surface area contributed by atoms with Crippen LogP contribution in [0.15, 0.2) is 18.2 Å². The SMILES string of the molecule is O=C1CCC(N2Cc3cc(NC(=O)CCCBr)ccc3C2=O)C(=O)N1. The lowest BCUT2D eigenvalue weighted by Crippen LogP contribution is -2.52. The van der Waals surface area contributed by atoms with Crippen LogP contribution in [-0.2, 0) is 20.9 Å². The molecular weight excluding hydrogens is 390 g/mol. The molecular formula is C17H18BrN3O4. The predicted octanol–water partition coefficient (Wildman–Crippen LogP) is 1.56. The molecule has 4 amide bonds. The highest BCUT2D eigenvalue weighted by Gasteiger charge is 2.39. The third-order valence-electron chi connectivity index (χ3n) is 4.34. The number of imide groups is 1. The smallest absolute Gasteiger partial charge is 0.255 e. The van der Waals surface area contributed by atoms with Gasteiger partial charge in [-0.3, -0.25) is 24.5 Å². The van der Waals surface area contributed by atoms with E-state index >= 15 is 0 Å². The Morgan fingerprint density at radius 2 is 2.12 bits per heavy atom.